The lowest BCUT2D eigenvalue weighted by molar-refractivity contribution is -0.147. The van der Waals surface area contributed by atoms with E-state index in [1.165, 1.54) is 0 Å². The first kappa shape index (κ1) is 15.2. The minimum absolute atomic E-state index is 0.0825. The van der Waals surface area contributed by atoms with Crippen LogP contribution in [0.25, 0.3) is 0 Å². The summed E-state index contributed by atoms with van der Waals surface area (Å²) in [6.07, 6.45) is 0.532. The molecule has 0 heterocycles. The predicted molar refractivity (Wildman–Crippen MR) is 72.3 cm³/mol. The molecule has 0 spiro atoms. The van der Waals surface area contributed by atoms with Gasteiger partial charge in [-0.2, -0.15) is 0 Å². The standard InChI is InChI=1S/C14H20N2O3/c1-2-19-14(18)12(10-16-13(17)9-15)8-11-6-4-3-5-7-11/h3-7,12H,2,8-10,15H2,1H3,(H,16,17). The number of hydrogen-bond donors (Lipinski definition) is 2. The van der Waals surface area contributed by atoms with Gasteiger partial charge in [-0.05, 0) is 18.9 Å². The van der Waals surface area contributed by atoms with Gasteiger partial charge in [-0.3, -0.25) is 9.59 Å². The molecule has 5 heteroatoms. The van der Waals surface area contributed by atoms with Crippen molar-refractivity contribution in [1.29, 1.82) is 0 Å². The maximum Gasteiger partial charge on any atom is 0.311 e. The van der Waals surface area contributed by atoms with Crippen molar-refractivity contribution in [3.05, 3.63) is 35.9 Å². The van der Waals surface area contributed by atoms with E-state index in [9.17, 15) is 9.59 Å². The summed E-state index contributed by atoms with van der Waals surface area (Å²) >= 11 is 0. The second-order valence-electron chi connectivity index (χ2n) is 4.15. The van der Waals surface area contributed by atoms with Crippen LogP contribution >= 0.6 is 0 Å². The van der Waals surface area contributed by atoms with Gasteiger partial charge in [0.15, 0.2) is 0 Å². The first-order valence-corrected chi connectivity index (χ1v) is 6.34. The molecule has 1 unspecified atom stereocenters. The van der Waals surface area contributed by atoms with E-state index in [2.05, 4.69) is 5.32 Å². The molecule has 5 nitrogen and oxygen atoms in total. The van der Waals surface area contributed by atoms with Crippen LogP contribution in [-0.2, 0) is 20.7 Å². The van der Waals surface area contributed by atoms with Crippen molar-refractivity contribution in [2.75, 3.05) is 19.7 Å². The summed E-state index contributed by atoms with van der Waals surface area (Å²) in [4.78, 5) is 23.0. The van der Waals surface area contributed by atoms with E-state index in [1.807, 2.05) is 30.3 Å². The molecule has 1 atom stereocenters. The number of nitrogens with two attached hydrogens (primary N) is 1. The highest BCUT2D eigenvalue weighted by Crippen LogP contribution is 2.10. The average Bonchev–Trinajstić information content (AvgIpc) is 2.44. The predicted octanol–water partition coefficient (Wildman–Crippen LogP) is 0.483. The van der Waals surface area contributed by atoms with Gasteiger partial charge in [0, 0.05) is 6.54 Å². The van der Waals surface area contributed by atoms with Gasteiger partial charge in [0.2, 0.25) is 5.91 Å². The third-order valence-electron chi connectivity index (χ3n) is 2.68. The Morgan fingerprint density at radius 3 is 2.58 bits per heavy atom. The molecule has 0 fully saturated rings. The van der Waals surface area contributed by atoms with Gasteiger partial charge in [-0.15, -0.1) is 0 Å². The van der Waals surface area contributed by atoms with Crippen LogP contribution in [0.15, 0.2) is 30.3 Å². The number of esters is 1. The Bertz CT molecular complexity index is 406. The van der Waals surface area contributed by atoms with E-state index in [-0.39, 0.29) is 25.0 Å². The minimum atomic E-state index is -0.391. The summed E-state index contributed by atoms with van der Waals surface area (Å²) in [6, 6.07) is 9.62. The van der Waals surface area contributed by atoms with Crippen molar-refractivity contribution in [1.82, 2.24) is 5.32 Å². The number of benzene rings is 1. The summed E-state index contributed by atoms with van der Waals surface area (Å²) in [6.45, 7) is 2.25. The van der Waals surface area contributed by atoms with Crippen molar-refractivity contribution in [2.45, 2.75) is 13.3 Å². The van der Waals surface area contributed by atoms with Crippen molar-refractivity contribution in [2.24, 2.45) is 11.7 Å². The normalized spacial score (nSPS) is 11.7. The van der Waals surface area contributed by atoms with E-state index in [0.29, 0.717) is 13.0 Å². The van der Waals surface area contributed by atoms with Crippen LogP contribution in [0.4, 0.5) is 0 Å². The Morgan fingerprint density at radius 1 is 1.32 bits per heavy atom. The number of hydrogen-bond acceptors (Lipinski definition) is 4. The Hall–Kier alpha value is -1.88. The summed E-state index contributed by atoms with van der Waals surface area (Å²) in [5, 5.41) is 2.63. The molecule has 0 aromatic heterocycles. The average molecular weight is 264 g/mol. The zero-order valence-corrected chi connectivity index (χ0v) is 11.1. The van der Waals surface area contributed by atoms with Gasteiger partial charge in [0.1, 0.15) is 0 Å². The Kier molecular flexibility index (Phi) is 6.60. The van der Waals surface area contributed by atoms with Gasteiger partial charge in [-0.1, -0.05) is 30.3 Å². The lowest BCUT2D eigenvalue weighted by Crippen LogP contribution is -2.38. The molecule has 3 N–H and O–H groups in total. The quantitative estimate of drug-likeness (QED) is 0.702. The van der Waals surface area contributed by atoms with Crippen molar-refractivity contribution in [3.8, 4) is 0 Å². The lowest BCUT2D eigenvalue weighted by Gasteiger charge is -2.16. The molecule has 0 saturated heterocycles. The van der Waals surface area contributed by atoms with Gasteiger partial charge >= 0.3 is 5.97 Å². The highest BCUT2D eigenvalue weighted by atomic mass is 16.5. The molecule has 19 heavy (non-hydrogen) atoms. The van der Waals surface area contributed by atoms with E-state index in [1.54, 1.807) is 6.92 Å². The summed E-state index contributed by atoms with van der Waals surface area (Å²) in [7, 11) is 0. The van der Waals surface area contributed by atoms with Crippen LogP contribution in [0.5, 0.6) is 0 Å². The molecule has 1 aromatic carbocycles. The number of ether oxygens (including phenoxy) is 1. The lowest BCUT2D eigenvalue weighted by atomic mass is 9.99. The van der Waals surface area contributed by atoms with E-state index < -0.39 is 5.92 Å². The van der Waals surface area contributed by atoms with Crippen molar-refractivity contribution in [3.63, 3.8) is 0 Å². The summed E-state index contributed by atoms with van der Waals surface area (Å²) in [5.74, 6) is -0.969. The second kappa shape index (κ2) is 8.26. The fourth-order valence-corrected chi connectivity index (χ4v) is 1.71. The number of carbonyl (C=O) groups is 2. The zero-order chi connectivity index (χ0) is 14.1. The number of carbonyl (C=O) groups excluding carboxylic acids is 2. The number of amides is 1. The van der Waals surface area contributed by atoms with E-state index >= 15 is 0 Å². The third-order valence-corrected chi connectivity index (χ3v) is 2.68. The molecule has 1 aromatic rings. The van der Waals surface area contributed by atoms with E-state index in [4.69, 9.17) is 10.5 Å². The van der Waals surface area contributed by atoms with Gasteiger partial charge in [0.05, 0.1) is 19.1 Å². The molecule has 104 valence electrons. The van der Waals surface area contributed by atoms with Crippen LogP contribution in [-0.4, -0.2) is 31.6 Å². The second-order valence-corrected chi connectivity index (χ2v) is 4.15. The van der Waals surface area contributed by atoms with Gasteiger partial charge in [-0.25, -0.2) is 0 Å². The Labute approximate surface area is 113 Å². The molecule has 1 rings (SSSR count). The smallest absolute Gasteiger partial charge is 0.311 e. The van der Waals surface area contributed by atoms with Crippen LogP contribution in [0.3, 0.4) is 0 Å². The van der Waals surface area contributed by atoms with Crippen LogP contribution in [0.1, 0.15) is 12.5 Å². The molecule has 0 radical (unpaired) electrons. The first-order valence-electron chi connectivity index (χ1n) is 6.34. The van der Waals surface area contributed by atoms with Crippen molar-refractivity contribution >= 4 is 11.9 Å². The minimum Gasteiger partial charge on any atom is -0.466 e. The molecule has 1 amide bonds. The van der Waals surface area contributed by atoms with E-state index in [0.717, 1.165) is 5.56 Å². The SMILES string of the molecule is CCOC(=O)C(CNC(=O)CN)Cc1ccccc1. The van der Waals surface area contributed by atoms with Crippen LogP contribution in [0, 0.1) is 5.92 Å². The van der Waals surface area contributed by atoms with Crippen LogP contribution in [0.2, 0.25) is 0 Å². The topological polar surface area (TPSA) is 81.4 Å². The van der Waals surface area contributed by atoms with Crippen molar-refractivity contribution < 1.29 is 14.3 Å². The monoisotopic (exact) mass is 264 g/mol. The Morgan fingerprint density at radius 2 is 2.00 bits per heavy atom. The highest BCUT2D eigenvalue weighted by molar-refractivity contribution is 5.79. The number of rotatable bonds is 7. The fraction of sp³-hybridized carbons (Fsp3) is 0.429. The number of nitrogens with one attached hydrogen (secondary N) is 1. The molecule has 0 aliphatic rings. The largest absolute Gasteiger partial charge is 0.466 e. The Balaban J connectivity index is 2.63. The maximum absolute atomic E-state index is 11.8. The molecule has 0 bridgehead atoms. The highest BCUT2D eigenvalue weighted by Gasteiger charge is 2.20. The first-order chi connectivity index (χ1) is 9.17. The zero-order valence-electron chi connectivity index (χ0n) is 11.1. The van der Waals surface area contributed by atoms with Gasteiger partial charge in [0.25, 0.3) is 0 Å². The summed E-state index contributed by atoms with van der Waals surface area (Å²) in [5.41, 5.74) is 6.25. The molecular weight excluding hydrogens is 244 g/mol. The molecule has 0 aliphatic carbocycles. The summed E-state index contributed by atoms with van der Waals surface area (Å²) < 4.78 is 5.02. The van der Waals surface area contributed by atoms with Crippen LogP contribution < -0.4 is 11.1 Å². The maximum atomic E-state index is 11.8. The molecule has 0 aliphatic heterocycles. The fourth-order valence-electron chi connectivity index (χ4n) is 1.71. The molecular formula is C14H20N2O3. The molecule has 0 saturated carbocycles. The third kappa shape index (κ3) is 5.52. The van der Waals surface area contributed by atoms with Gasteiger partial charge < -0.3 is 15.8 Å².